The van der Waals surface area contributed by atoms with Crippen molar-refractivity contribution >= 4 is 44.9 Å². The average Bonchev–Trinajstić information content (AvgIpc) is 3.04. The predicted molar refractivity (Wildman–Crippen MR) is 195 cm³/mol. The van der Waals surface area contributed by atoms with Crippen LogP contribution < -0.4 is 20.1 Å². The van der Waals surface area contributed by atoms with Crippen molar-refractivity contribution in [2.75, 3.05) is 17.7 Å². The number of nitrogens with one attached hydrogen (secondary N) is 2. The Labute approximate surface area is 296 Å². The Hall–Kier alpha value is -4.47. The minimum Gasteiger partial charge on any atom is -0.493 e. The van der Waals surface area contributed by atoms with Crippen LogP contribution in [0.25, 0.3) is 0 Å². The molecule has 0 saturated heterocycles. The molecule has 5 rings (SSSR count). The lowest BCUT2D eigenvalue weighted by molar-refractivity contribution is -0.150. The van der Waals surface area contributed by atoms with E-state index in [1.165, 1.54) is 14.0 Å². The Balaban J connectivity index is 1.62. The molecule has 9 heteroatoms. The number of hydrogen-bond acceptors (Lipinski definition) is 6. The van der Waals surface area contributed by atoms with Gasteiger partial charge >= 0.3 is 0 Å². The number of Topliss-reactive ketones (excluding diaryl/α,β-unsaturated/α-hetero) is 1. The molecule has 1 aliphatic rings. The number of anilines is 2. The molecule has 0 radical (unpaired) electrons. The number of methoxy groups -OCH3 is 1. The fourth-order valence-corrected chi connectivity index (χ4v) is 7.25. The molecule has 1 fully saturated rings. The lowest BCUT2D eigenvalue weighted by atomic mass is 9.61. The number of rotatable bonds is 9. The molecule has 0 aliphatic heterocycles. The van der Waals surface area contributed by atoms with Crippen molar-refractivity contribution in [3.63, 3.8) is 0 Å². The minimum atomic E-state index is -1.78. The molecule has 4 unspecified atom stereocenters. The summed E-state index contributed by atoms with van der Waals surface area (Å²) >= 11 is 3.64. The monoisotopic (exact) mass is 726 g/mol. The van der Waals surface area contributed by atoms with Gasteiger partial charge in [0.2, 0.25) is 11.8 Å². The van der Waals surface area contributed by atoms with E-state index in [0.29, 0.717) is 32.9 Å². The molecule has 0 heterocycles. The Morgan fingerprint density at radius 3 is 2.02 bits per heavy atom. The molecule has 4 atom stereocenters. The van der Waals surface area contributed by atoms with E-state index in [1.807, 2.05) is 83.1 Å². The zero-order valence-electron chi connectivity index (χ0n) is 28.9. The third-order valence-corrected chi connectivity index (χ3v) is 10.4. The Bertz CT molecular complexity index is 1920. The zero-order chi connectivity index (χ0) is 35.6. The van der Waals surface area contributed by atoms with Gasteiger partial charge in [0.05, 0.1) is 23.1 Å². The highest BCUT2D eigenvalue weighted by Crippen LogP contribution is 2.49. The smallest absolute Gasteiger partial charge is 0.235 e. The maximum absolute atomic E-state index is 14.4. The van der Waals surface area contributed by atoms with Crippen molar-refractivity contribution in [2.24, 2.45) is 11.8 Å². The molecule has 3 N–H and O–H groups in total. The van der Waals surface area contributed by atoms with Crippen molar-refractivity contribution in [2.45, 2.75) is 66.1 Å². The van der Waals surface area contributed by atoms with E-state index in [0.717, 1.165) is 33.4 Å². The van der Waals surface area contributed by atoms with Crippen LogP contribution in [0.1, 0.15) is 58.2 Å². The summed E-state index contributed by atoms with van der Waals surface area (Å²) in [6.07, 6.45) is -0.380. The number of aryl methyl sites for hydroxylation is 3. The SMILES string of the molecule is COc1cc(C2C(C(=O)Nc3cccc(C)c3C)C(=O)CC(C)(O)C2C(=O)Nc2cccc(C)c2C)cc(Br)c1OCc1ccccc1C. The summed E-state index contributed by atoms with van der Waals surface area (Å²) in [5.74, 6) is -4.33. The van der Waals surface area contributed by atoms with Crippen LogP contribution in [0.5, 0.6) is 11.5 Å². The lowest BCUT2D eigenvalue weighted by Gasteiger charge is -2.44. The van der Waals surface area contributed by atoms with E-state index in [9.17, 15) is 19.5 Å². The Morgan fingerprint density at radius 1 is 0.857 bits per heavy atom. The number of ether oxygens (including phenoxy) is 2. The third-order valence-electron chi connectivity index (χ3n) is 9.83. The number of ketones is 1. The maximum atomic E-state index is 14.4. The number of hydrogen-bond donors (Lipinski definition) is 3. The van der Waals surface area contributed by atoms with Crippen LogP contribution in [0.2, 0.25) is 0 Å². The fourth-order valence-electron chi connectivity index (χ4n) is 6.68. The van der Waals surface area contributed by atoms with E-state index < -0.39 is 41.0 Å². The largest absolute Gasteiger partial charge is 0.493 e. The molecule has 8 nitrogen and oxygen atoms in total. The molecule has 0 bridgehead atoms. The number of halogens is 1. The van der Waals surface area contributed by atoms with Crippen LogP contribution in [-0.4, -0.2) is 35.4 Å². The Kier molecular flexibility index (Phi) is 10.6. The molecule has 4 aromatic carbocycles. The van der Waals surface area contributed by atoms with Crippen LogP contribution >= 0.6 is 15.9 Å². The number of carbonyl (C=O) groups is 3. The van der Waals surface area contributed by atoms with Gasteiger partial charge in [0.25, 0.3) is 0 Å². The summed E-state index contributed by atoms with van der Waals surface area (Å²) in [5.41, 5.74) is 5.63. The second-order valence-corrected chi connectivity index (χ2v) is 14.1. The van der Waals surface area contributed by atoms with E-state index in [4.69, 9.17) is 9.47 Å². The normalized spacial score (nSPS) is 20.4. The molecule has 256 valence electrons. The first-order valence-electron chi connectivity index (χ1n) is 16.3. The Morgan fingerprint density at radius 2 is 1.43 bits per heavy atom. The highest BCUT2D eigenvalue weighted by atomic mass is 79.9. The van der Waals surface area contributed by atoms with Crippen molar-refractivity contribution in [3.05, 3.63) is 116 Å². The van der Waals surface area contributed by atoms with Crippen LogP contribution in [0, 0.1) is 46.5 Å². The molecule has 0 spiro atoms. The quantitative estimate of drug-likeness (QED) is 0.151. The minimum absolute atomic E-state index is 0.277. The average molecular weight is 728 g/mol. The van der Waals surface area contributed by atoms with Gasteiger partial charge in [-0.15, -0.1) is 0 Å². The van der Waals surface area contributed by atoms with Gasteiger partial charge in [0.1, 0.15) is 18.3 Å². The molecular weight excluding hydrogens is 684 g/mol. The number of benzene rings is 4. The van der Waals surface area contributed by atoms with Gasteiger partial charge < -0.3 is 25.2 Å². The zero-order valence-corrected chi connectivity index (χ0v) is 30.5. The van der Waals surface area contributed by atoms with Crippen LogP contribution in [0.3, 0.4) is 0 Å². The number of carbonyl (C=O) groups excluding carboxylic acids is 3. The molecule has 1 aliphatic carbocycles. The number of aliphatic hydroxyl groups is 1. The number of amides is 2. The van der Waals surface area contributed by atoms with Gasteiger partial charge in [-0.1, -0.05) is 48.5 Å². The van der Waals surface area contributed by atoms with Crippen molar-refractivity contribution < 1.29 is 29.0 Å². The molecule has 2 amide bonds. The highest BCUT2D eigenvalue weighted by Gasteiger charge is 2.56. The van der Waals surface area contributed by atoms with E-state index in [1.54, 1.807) is 24.3 Å². The van der Waals surface area contributed by atoms with Crippen LogP contribution in [-0.2, 0) is 21.0 Å². The van der Waals surface area contributed by atoms with Gasteiger partial charge in [0, 0.05) is 23.7 Å². The van der Waals surface area contributed by atoms with Gasteiger partial charge in [-0.3, -0.25) is 14.4 Å². The van der Waals surface area contributed by atoms with Crippen LogP contribution in [0.15, 0.2) is 77.3 Å². The molecule has 4 aromatic rings. The van der Waals surface area contributed by atoms with E-state index in [-0.39, 0.29) is 13.0 Å². The maximum Gasteiger partial charge on any atom is 0.235 e. The second-order valence-electron chi connectivity index (χ2n) is 13.2. The van der Waals surface area contributed by atoms with Crippen molar-refractivity contribution in [3.8, 4) is 11.5 Å². The first kappa shape index (κ1) is 35.8. The summed E-state index contributed by atoms with van der Waals surface area (Å²) in [7, 11) is 1.50. The predicted octanol–water partition coefficient (Wildman–Crippen LogP) is 7.90. The summed E-state index contributed by atoms with van der Waals surface area (Å²) in [5, 5.41) is 17.9. The van der Waals surface area contributed by atoms with Gasteiger partial charge in [-0.05, 0) is 121 Å². The van der Waals surface area contributed by atoms with Gasteiger partial charge in [-0.25, -0.2) is 0 Å². The molecule has 49 heavy (non-hydrogen) atoms. The van der Waals surface area contributed by atoms with E-state index in [2.05, 4.69) is 26.6 Å². The lowest BCUT2D eigenvalue weighted by Crippen LogP contribution is -2.56. The molecule has 0 aromatic heterocycles. The second kappa shape index (κ2) is 14.6. The summed E-state index contributed by atoms with van der Waals surface area (Å²) < 4.78 is 12.5. The summed E-state index contributed by atoms with van der Waals surface area (Å²) in [4.78, 5) is 42.6. The topological polar surface area (TPSA) is 114 Å². The van der Waals surface area contributed by atoms with Crippen molar-refractivity contribution in [1.82, 2.24) is 0 Å². The fraction of sp³-hybridized carbons (Fsp3) is 0.325. The standard InChI is InChI=1S/C40H43BrN2O6/c1-22-13-10-16-30(25(22)4)42-38(45)35-32(44)20-40(6,47)36(39(46)43-31-17-11-14-23(2)26(31)5)34(35)28-18-29(41)37(33(19-28)48-7)49-21-27-15-9-8-12-24(27)3/h8-19,34-36,47H,20-21H2,1-7H3,(H,42,45)(H,43,46). The first-order chi connectivity index (χ1) is 23.2. The summed E-state index contributed by atoms with van der Waals surface area (Å²) in [6, 6.07) is 22.5. The van der Waals surface area contributed by atoms with Crippen LogP contribution in [0.4, 0.5) is 11.4 Å². The molecule has 1 saturated carbocycles. The molecular formula is C40H43BrN2O6. The third kappa shape index (κ3) is 7.43. The van der Waals surface area contributed by atoms with E-state index >= 15 is 0 Å². The summed E-state index contributed by atoms with van der Waals surface area (Å²) in [6.45, 7) is 11.5. The van der Waals surface area contributed by atoms with Gasteiger partial charge in [0.15, 0.2) is 11.5 Å². The van der Waals surface area contributed by atoms with Crippen molar-refractivity contribution in [1.29, 1.82) is 0 Å². The highest BCUT2D eigenvalue weighted by molar-refractivity contribution is 9.10. The first-order valence-corrected chi connectivity index (χ1v) is 17.1. The van der Waals surface area contributed by atoms with Gasteiger partial charge in [-0.2, -0.15) is 0 Å².